The Bertz CT molecular complexity index is 3100. The van der Waals surface area contributed by atoms with Gasteiger partial charge in [0, 0.05) is 11.1 Å². The third-order valence-corrected chi connectivity index (χ3v) is 13.1. The van der Waals surface area contributed by atoms with Crippen LogP contribution in [0.2, 0.25) is 0 Å². The molecule has 9 aromatic rings. The SMILES string of the molecule is c1ccc2c(c1)Oc1cc(-c3ccc4c(c3)C3(c5ccccc5-4)c4ccccc4-c4cc5ccccc5cc43)ccc1C21c2ccccc2-c2ccccc21. The number of hydrogen-bond acceptors (Lipinski definition) is 1. The maximum Gasteiger partial charge on any atom is 0.132 e. The van der Waals surface area contributed by atoms with Crippen molar-refractivity contribution in [1.82, 2.24) is 0 Å². The highest BCUT2D eigenvalue weighted by molar-refractivity contribution is 6.00. The summed E-state index contributed by atoms with van der Waals surface area (Å²) in [6.07, 6.45) is 0. The Hall–Kier alpha value is -6.96. The first-order chi connectivity index (χ1) is 27.3. The first-order valence-corrected chi connectivity index (χ1v) is 19.3. The van der Waals surface area contributed by atoms with E-state index in [4.69, 9.17) is 4.74 Å². The van der Waals surface area contributed by atoms with Crippen LogP contribution in [0, 0.1) is 0 Å². The van der Waals surface area contributed by atoms with Gasteiger partial charge in [-0.3, -0.25) is 0 Å². The number of hydrogen-bond donors (Lipinski definition) is 0. The van der Waals surface area contributed by atoms with E-state index >= 15 is 0 Å². The van der Waals surface area contributed by atoms with E-state index in [-0.39, 0.29) is 0 Å². The first kappa shape index (κ1) is 29.5. The molecule has 0 amide bonds. The largest absolute Gasteiger partial charge is 0.457 e. The molecule has 4 aliphatic rings. The molecule has 1 atom stereocenters. The van der Waals surface area contributed by atoms with Gasteiger partial charge in [0.2, 0.25) is 0 Å². The molecule has 1 aliphatic heterocycles. The Morgan fingerprint density at radius 2 is 0.673 bits per heavy atom. The van der Waals surface area contributed by atoms with Gasteiger partial charge in [-0.15, -0.1) is 0 Å². The van der Waals surface area contributed by atoms with Crippen LogP contribution in [0.3, 0.4) is 0 Å². The van der Waals surface area contributed by atoms with E-state index in [9.17, 15) is 0 Å². The van der Waals surface area contributed by atoms with Crippen LogP contribution in [0.5, 0.6) is 11.5 Å². The van der Waals surface area contributed by atoms with Crippen molar-refractivity contribution in [2.45, 2.75) is 10.8 Å². The van der Waals surface area contributed by atoms with Crippen LogP contribution in [-0.4, -0.2) is 0 Å². The average Bonchev–Trinajstić information content (AvgIpc) is 3.83. The predicted molar refractivity (Wildman–Crippen MR) is 223 cm³/mol. The molecule has 1 heteroatoms. The lowest BCUT2D eigenvalue weighted by Crippen LogP contribution is -2.32. The second kappa shape index (κ2) is 10.4. The molecular formula is C54H32O. The predicted octanol–water partition coefficient (Wildman–Crippen LogP) is 13.3. The van der Waals surface area contributed by atoms with Crippen molar-refractivity contribution in [3.8, 4) is 56.0 Å². The summed E-state index contributed by atoms with van der Waals surface area (Å²) in [5.41, 5.74) is 19.7. The molecule has 9 aromatic carbocycles. The van der Waals surface area contributed by atoms with Crippen molar-refractivity contribution in [3.05, 3.63) is 239 Å². The van der Waals surface area contributed by atoms with Gasteiger partial charge < -0.3 is 4.74 Å². The number of benzene rings is 9. The van der Waals surface area contributed by atoms with E-state index in [0.717, 1.165) is 17.1 Å². The van der Waals surface area contributed by atoms with E-state index in [2.05, 4.69) is 194 Å². The maximum atomic E-state index is 6.93. The minimum atomic E-state index is -0.473. The Kier molecular flexibility index (Phi) is 5.56. The lowest BCUT2D eigenvalue weighted by Gasteiger charge is -2.39. The topological polar surface area (TPSA) is 9.23 Å². The molecule has 1 heterocycles. The van der Waals surface area contributed by atoms with Crippen molar-refractivity contribution in [2.75, 3.05) is 0 Å². The highest BCUT2D eigenvalue weighted by Crippen LogP contribution is 2.65. The normalized spacial score (nSPS) is 16.7. The summed E-state index contributed by atoms with van der Waals surface area (Å²) in [6.45, 7) is 0. The zero-order chi connectivity index (χ0) is 35.9. The molecule has 55 heavy (non-hydrogen) atoms. The Morgan fingerprint density at radius 1 is 0.255 bits per heavy atom. The minimum absolute atomic E-state index is 0.428. The van der Waals surface area contributed by atoms with Gasteiger partial charge in [-0.25, -0.2) is 0 Å². The van der Waals surface area contributed by atoms with Gasteiger partial charge in [0.05, 0.1) is 10.8 Å². The van der Waals surface area contributed by atoms with Gasteiger partial charge >= 0.3 is 0 Å². The number of para-hydroxylation sites is 1. The standard InChI is InChI=1S/C54H32O/c1-2-14-34-30-50-42(29-33(34)13-1)40-18-6-10-22-46(40)54(50)45-21-9-5-17-39(45)41-27-25-35(31-49(41)54)36-26-28-48-52(32-36)55-51-24-12-11-23-47(51)53(48)43-19-7-3-15-37(43)38-16-4-8-20-44(38)53/h1-32H. The molecule has 0 saturated heterocycles. The molecule has 0 aromatic heterocycles. The summed E-state index contributed by atoms with van der Waals surface area (Å²) in [5, 5.41) is 2.54. The summed E-state index contributed by atoms with van der Waals surface area (Å²) in [4.78, 5) is 0. The molecule has 0 radical (unpaired) electrons. The molecule has 13 rings (SSSR count). The van der Waals surface area contributed by atoms with Gasteiger partial charge in [-0.2, -0.15) is 0 Å². The third-order valence-electron chi connectivity index (χ3n) is 13.1. The zero-order valence-corrected chi connectivity index (χ0v) is 29.9. The zero-order valence-electron chi connectivity index (χ0n) is 29.9. The Morgan fingerprint density at radius 3 is 1.31 bits per heavy atom. The lowest BCUT2D eigenvalue weighted by atomic mass is 9.66. The fourth-order valence-electron chi connectivity index (χ4n) is 11.0. The summed E-state index contributed by atoms with van der Waals surface area (Å²) >= 11 is 0. The Labute approximate surface area is 319 Å². The van der Waals surface area contributed by atoms with Gasteiger partial charge in [0.1, 0.15) is 11.5 Å². The van der Waals surface area contributed by atoms with Crippen LogP contribution < -0.4 is 4.74 Å². The molecule has 1 nitrogen and oxygen atoms in total. The maximum absolute atomic E-state index is 6.93. The molecule has 2 spiro atoms. The molecule has 0 fully saturated rings. The molecule has 0 saturated carbocycles. The number of ether oxygens (including phenoxy) is 1. The second-order valence-corrected chi connectivity index (χ2v) is 15.5. The molecule has 1 unspecified atom stereocenters. The van der Waals surface area contributed by atoms with E-state index in [1.807, 2.05) is 0 Å². The minimum Gasteiger partial charge on any atom is -0.457 e. The first-order valence-electron chi connectivity index (χ1n) is 19.3. The number of rotatable bonds is 1. The van der Waals surface area contributed by atoms with Gasteiger partial charge in [0.25, 0.3) is 0 Å². The monoisotopic (exact) mass is 696 g/mol. The molecular weight excluding hydrogens is 665 g/mol. The molecule has 0 N–H and O–H groups in total. The van der Waals surface area contributed by atoms with Crippen LogP contribution in [0.25, 0.3) is 55.3 Å². The second-order valence-electron chi connectivity index (χ2n) is 15.5. The fraction of sp³-hybridized carbons (Fsp3) is 0.0370. The van der Waals surface area contributed by atoms with Crippen molar-refractivity contribution in [2.24, 2.45) is 0 Å². The molecule has 3 aliphatic carbocycles. The number of fused-ring (bicyclic) bond motifs is 20. The van der Waals surface area contributed by atoms with Crippen molar-refractivity contribution < 1.29 is 4.74 Å². The van der Waals surface area contributed by atoms with Crippen LogP contribution >= 0.6 is 0 Å². The summed E-state index contributed by atoms with van der Waals surface area (Å²) in [6, 6.07) is 72.4. The lowest BCUT2D eigenvalue weighted by molar-refractivity contribution is 0.436. The van der Waals surface area contributed by atoms with Crippen LogP contribution in [0.15, 0.2) is 194 Å². The van der Waals surface area contributed by atoms with Crippen molar-refractivity contribution in [1.29, 1.82) is 0 Å². The van der Waals surface area contributed by atoms with Crippen LogP contribution in [-0.2, 0) is 10.8 Å². The van der Waals surface area contributed by atoms with Crippen molar-refractivity contribution in [3.63, 3.8) is 0 Å². The smallest absolute Gasteiger partial charge is 0.132 e. The summed E-state index contributed by atoms with van der Waals surface area (Å²) in [7, 11) is 0. The summed E-state index contributed by atoms with van der Waals surface area (Å²) in [5.74, 6) is 1.82. The fourth-order valence-corrected chi connectivity index (χ4v) is 11.0. The molecule has 254 valence electrons. The van der Waals surface area contributed by atoms with Crippen LogP contribution in [0.4, 0.5) is 0 Å². The van der Waals surface area contributed by atoms with E-state index < -0.39 is 10.8 Å². The van der Waals surface area contributed by atoms with E-state index in [0.29, 0.717) is 0 Å². The van der Waals surface area contributed by atoms with Gasteiger partial charge in [0.15, 0.2) is 0 Å². The van der Waals surface area contributed by atoms with Crippen LogP contribution in [0.1, 0.15) is 44.5 Å². The van der Waals surface area contributed by atoms with Gasteiger partial charge in [-0.05, 0) is 119 Å². The summed E-state index contributed by atoms with van der Waals surface area (Å²) < 4.78 is 6.93. The third kappa shape index (κ3) is 3.50. The highest BCUT2D eigenvalue weighted by atomic mass is 16.5. The van der Waals surface area contributed by atoms with Crippen molar-refractivity contribution >= 4 is 10.8 Å². The quantitative estimate of drug-likeness (QED) is 0.166. The van der Waals surface area contributed by atoms with E-state index in [1.165, 1.54) is 94.2 Å². The van der Waals surface area contributed by atoms with Gasteiger partial charge in [-0.1, -0.05) is 164 Å². The Balaban J connectivity index is 1.06. The highest BCUT2D eigenvalue weighted by Gasteiger charge is 2.53. The van der Waals surface area contributed by atoms with E-state index in [1.54, 1.807) is 0 Å². The average molecular weight is 697 g/mol. The molecule has 0 bridgehead atoms.